The molecular weight excluding hydrogens is 335 g/mol. The van der Waals surface area contributed by atoms with Crippen molar-refractivity contribution in [3.8, 4) is 5.75 Å². The average Bonchev–Trinajstić information content (AvgIpc) is 2.48. The molecule has 1 unspecified atom stereocenters. The molecule has 21 heavy (non-hydrogen) atoms. The first-order chi connectivity index (χ1) is 10.1. The van der Waals surface area contributed by atoms with Crippen LogP contribution in [0.25, 0.3) is 0 Å². The number of nitrogens with two attached hydrogens (primary N) is 1. The molecule has 5 heteroatoms. The lowest BCUT2D eigenvalue weighted by Gasteiger charge is -2.30. The highest BCUT2D eigenvalue weighted by Crippen LogP contribution is 2.34. The molecule has 0 radical (unpaired) electrons. The van der Waals surface area contributed by atoms with Crippen LogP contribution in [0.2, 0.25) is 0 Å². The van der Waals surface area contributed by atoms with E-state index in [0.29, 0.717) is 12.2 Å². The van der Waals surface area contributed by atoms with Crippen LogP contribution >= 0.6 is 15.9 Å². The highest BCUT2D eigenvalue weighted by Gasteiger charge is 2.22. The molecule has 3 nitrogen and oxygen atoms in total. The number of methoxy groups -OCH3 is 1. The summed E-state index contributed by atoms with van der Waals surface area (Å²) in [7, 11) is 3.44. The molecule has 1 atom stereocenters. The maximum absolute atomic E-state index is 14.0. The molecule has 0 spiro atoms. The third-order valence-electron chi connectivity index (χ3n) is 3.47. The van der Waals surface area contributed by atoms with Gasteiger partial charge in [-0.25, -0.2) is 4.39 Å². The van der Waals surface area contributed by atoms with Gasteiger partial charge in [-0.1, -0.05) is 28.1 Å². The first-order valence-electron chi connectivity index (χ1n) is 6.59. The number of likely N-dealkylation sites (N-methyl/N-ethyl adjacent to an activating group) is 1. The predicted octanol–water partition coefficient (Wildman–Crippen LogP) is 3.73. The quantitative estimate of drug-likeness (QED) is 0.890. The fraction of sp³-hybridized carbons (Fsp3) is 0.250. The molecule has 2 rings (SSSR count). The Balaban J connectivity index is 2.44. The van der Waals surface area contributed by atoms with Gasteiger partial charge in [-0.15, -0.1) is 0 Å². The van der Waals surface area contributed by atoms with Crippen molar-refractivity contribution < 1.29 is 9.13 Å². The molecule has 0 aliphatic rings. The van der Waals surface area contributed by atoms with Crippen molar-refractivity contribution in [2.45, 2.75) is 6.04 Å². The highest BCUT2D eigenvalue weighted by atomic mass is 79.9. The molecule has 0 amide bonds. The molecule has 0 saturated heterocycles. The minimum Gasteiger partial charge on any atom is -0.496 e. The number of benzene rings is 2. The summed E-state index contributed by atoms with van der Waals surface area (Å²) in [5, 5.41) is 0. The third kappa shape index (κ3) is 3.36. The maximum atomic E-state index is 14.0. The SMILES string of the molecule is COc1ccc(Br)cc1C(CN)N(C)c1ccccc1F. The number of anilines is 1. The van der Waals surface area contributed by atoms with Crippen molar-refractivity contribution in [2.24, 2.45) is 5.73 Å². The standard InChI is InChI=1S/C16H18BrFN2O/c1-20(14-6-4-3-5-13(14)18)15(10-19)12-9-11(17)7-8-16(12)21-2/h3-9,15H,10,19H2,1-2H3. The van der Waals surface area contributed by atoms with Crippen molar-refractivity contribution in [3.05, 3.63) is 58.3 Å². The summed E-state index contributed by atoms with van der Waals surface area (Å²) >= 11 is 3.45. The van der Waals surface area contributed by atoms with Crippen molar-refractivity contribution in [2.75, 3.05) is 25.6 Å². The fourth-order valence-corrected chi connectivity index (χ4v) is 2.74. The van der Waals surface area contributed by atoms with Gasteiger partial charge in [0.15, 0.2) is 0 Å². The van der Waals surface area contributed by atoms with Crippen LogP contribution in [-0.4, -0.2) is 20.7 Å². The Hall–Kier alpha value is -1.59. The molecular formula is C16H18BrFN2O. The van der Waals surface area contributed by atoms with Crippen LogP contribution in [0.4, 0.5) is 10.1 Å². The lowest BCUT2D eigenvalue weighted by molar-refractivity contribution is 0.404. The van der Waals surface area contributed by atoms with E-state index in [9.17, 15) is 4.39 Å². The van der Waals surface area contributed by atoms with Gasteiger partial charge in [-0.2, -0.15) is 0 Å². The number of rotatable bonds is 5. The molecule has 2 aromatic carbocycles. The molecule has 0 bridgehead atoms. The molecule has 0 aromatic heterocycles. The van der Waals surface area contributed by atoms with Gasteiger partial charge in [0, 0.05) is 23.6 Å². The Bertz CT molecular complexity index is 621. The summed E-state index contributed by atoms with van der Waals surface area (Å²) in [6.07, 6.45) is 0. The Morgan fingerprint density at radius 1 is 1.29 bits per heavy atom. The van der Waals surface area contributed by atoms with Gasteiger partial charge in [-0.3, -0.25) is 0 Å². The molecule has 0 saturated carbocycles. The first kappa shape index (κ1) is 15.8. The zero-order valence-electron chi connectivity index (χ0n) is 12.0. The van der Waals surface area contributed by atoms with Crippen molar-refractivity contribution in [1.29, 1.82) is 0 Å². The van der Waals surface area contributed by atoms with Crippen LogP contribution < -0.4 is 15.4 Å². The Labute approximate surface area is 132 Å². The minimum atomic E-state index is -0.271. The van der Waals surface area contributed by atoms with E-state index < -0.39 is 0 Å². The summed E-state index contributed by atoms with van der Waals surface area (Å²) in [6, 6.07) is 12.2. The first-order valence-corrected chi connectivity index (χ1v) is 7.38. The number of ether oxygens (including phenoxy) is 1. The van der Waals surface area contributed by atoms with E-state index in [0.717, 1.165) is 15.8 Å². The molecule has 2 aromatic rings. The zero-order valence-corrected chi connectivity index (χ0v) is 13.6. The van der Waals surface area contributed by atoms with E-state index >= 15 is 0 Å². The topological polar surface area (TPSA) is 38.5 Å². The second kappa shape index (κ2) is 6.91. The summed E-state index contributed by atoms with van der Waals surface area (Å²) < 4.78 is 20.3. The van der Waals surface area contributed by atoms with Crippen LogP contribution in [0.1, 0.15) is 11.6 Å². The van der Waals surface area contributed by atoms with Crippen molar-refractivity contribution >= 4 is 21.6 Å². The molecule has 0 aliphatic carbocycles. The van der Waals surface area contributed by atoms with E-state index in [1.165, 1.54) is 6.07 Å². The van der Waals surface area contributed by atoms with E-state index in [1.807, 2.05) is 30.1 Å². The number of halogens is 2. The van der Waals surface area contributed by atoms with Crippen LogP contribution in [-0.2, 0) is 0 Å². The number of hydrogen-bond acceptors (Lipinski definition) is 3. The van der Waals surface area contributed by atoms with Crippen LogP contribution in [0.15, 0.2) is 46.9 Å². The summed E-state index contributed by atoms with van der Waals surface area (Å²) in [5.74, 6) is 0.462. The third-order valence-corrected chi connectivity index (χ3v) is 3.97. The van der Waals surface area contributed by atoms with Gasteiger partial charge in [0.2, 0.25) is 0 Å². The number of nitrogens with zero attached hydrogens (tertiary/aromatic N) is 1. The van der Waals surface area contributed by atoms with Gasteiger partial charge >= 0.3 is 0 Å². The smallest absolute Gasteiger partial charge is 0.146 e. The van der Waals surface area contributed by atoms with E-state index in [1.54, 1.807) is 25.3 Å². The Morgan fingerprint density at radius 3 is 2.62 bits per heavy atom. The minimum absolute atomic E-state index is 0.186. The van der Waals surface area contributed by atoms with E-state index in [2.05, 4.69) is 15.9 Å². The van der Waals surface area contributed by atoms with E-state index in [-0.39, 0.29) is 11.9 Å². The summed E-state index contributed by atoms with van der Waals surface area (Å²) in [6.45, 7) is 0.345. The fourth-order valence-electron chi connectivity index (χ4n) is 2.36. The van der Waals surface area contributed by atoms with Gasteiger partial charge < -0.3 is 15.4 Å². The van der Waals surface area contributed by atoms with Crippen LogP contribution in [0, 0.1) is 5.82 Å². The van der Waals surface area contributed by atoms with Crippen LogP contribution in [0.3, 0.4) is 0 Å². The number of para-hydroxylation sites is 1. The Kier molecular flexibility index (Phi) is 5.20. The second-order valence-electron chi connectivity index (χ2n) is 4.70. The van der Waals surface area contributed by atoms with Gasteiger partial charge in [0.25, 0.3) is 0 Å². The average molecular weight is 353 g/mol. The lowest BCUT2D eigenvalue weighted by Crippen LogP contribution is -2.31. The second-order valence-corrected chi connectivity index (χ2v) is 5.62. The lowest BCUT2D eigenvalue weighted by atomic mass is 10.0. The van der Waals surface area contributed by atoms with Gasteiger partial charge in [0.1, 0.15) is 11.6 Å². The van der Waals surface area contributed by atoms with Crippen molar-refractivity contribution in [3.63, 3.8) is 0 Å². The number of hydrogen-bond donors (Lipinski definition) is 1. The van der Waals surface area contributed by atoms with Crippen LogP contribution in [0.5, 0.6) is 5.75 Å². The summed E-state index contributed by atoms with van der Waals surface area (Å²) in [5.41, 5.74) is 7.36. The highest BCUT2D eigenvalue weighted by molar-refractivity contribution is 9.10. The monoisotopic (exact) mass is 352 g/mol. The molecule has 2 N–H and O–H groups in total. The molecule has 0 heterocycles. The van der Waals surface area contributed by atoms with Gasteiger partial charge in [-0.05, 0) is 30.3 Å². The summed E-state index contributed by atoms with van der Waals surface area (Å²) in [4.78, 5) is 1.83. The molecule has 0 aliphatic heterocycles. The van der Waals surface area contributed by atoms with Crippen molar-refractivity contribution in [1.82, 2.24) is 0 Å². The zero-order chi connectivity index (χ0) is 15.4. The predicted molar refractivity (Wildman–Crippen MR) is 87.3 cm³/mol. The molecule has 112 valence electrons. The largest absolute Gasteiger partial charge is 0.496 e. The molecule has 0 fully saturated rings. The normalized spacial score (nSPS) is 12.0. The maximum Gasteiger partial charge on any atom is 0.146 e. The van der Waals surface area contributed by atoms with E-state index in [4.69, 9.17) is 10.5 Å². The van der Waals surface area contributed by atoms with Gasteiger partial charge in [0.05, 0.1) is 18.8 Å². The Morgan fingerprint density at radius 2 is 2.00 bits per heavy atom.